The van der Waals surface area contributed by atoms with Crippen LogP contribution in [0.15, 0.2) is 10.4 Å². The zero-order valence-corrected chi connectivity index (χ0v) is 19.7. The van der Waals surface area contributed by atoms with Crippen molar-refractivity contribution in [1.82, 2.24) is 20.9 Å². The molecule has 0 saturated heterocycles. The minimum Gasteiger partial charge on any atom is -0.444 e. The Morgan fingerprint density at radius 3 is 2.38 bits per heavy atom. The number of thiazole rings is 1. The minimum atomic E-state index is -0.486. The molecule has 0 aliphatic heterocycles. The molecule has 26 heavy (non-hydrogen) atoms. The first-order valence-electron chi connectivity index (χ1n) is 8.57. The second-order valence-electron chi connectivity index (χ2n) is 6.94. The predicted molar refractivity (Wildman–Crippen MR) is 119 cm³/mol. The van der Waals surface area contributed by atoms with Gasteiger partial charge in [0.2, 0.25) is 0 Å². The maximum absolute atomic E-state index is 11.5. The lowest BCUT2D eigenvalue weighted by Crippen LogP contribution is -2.43. The van der Waals surface area contributed by atoms with Crippen LogP contribution in [0.4, 0.5) is 4.79 Å². The van der Waals surface area contributed by atoms with E-state index in [0.29, 0.717) is 25.0 Å². The molecule has 1 rings (SSSR count). The number of carbonyl (C=O) groups excluding carboxylic acids is 1. The van der Waals surface area contributed by atoms with Crippen molar-refractivity contribution in [1.29, 1.82) is 0 Å². The Balaban J connectivity index is 0.00000625. The average Bonchev–Trinajstić information content (AvgIpc) is 2.97. The summed E-state index contributed by atoms with van der Waals surface area (Å²) in [5.41, 5.74) is 0.614. The largest absolute Gasteiger partial charge is 0.444 e. The Hall–Kier alpha value is -1.10. The van der Waals surface area contributed by atoms with E-state index in [1.165, 1.54) is 5.01 Å². The molecule has 0 atom stereocenters. The van der Waals surface area contributed by atoms with Crippen molar-refractivity contribution in [2.75, 3.05) is 26.7 Å². The standard InChI is InChI=1S/C17H31N5O2S.HI/c1-12(2)14-22-13(11-25-14)7-8-19-15(18-6)20-9-10-21-16(23)24-17(3,4)5;/h11-12H,7-10H2,1-6H3,(H,21,23)(H2,18,19,20);1H. The summed E-state index contributed by atoms with van der Waals surface area (Å²) in [7, 11) is 1.72. The number of hydrogen-bond donors (Lipinski definition) is 3. The van der Waals surface area contributed by atoms with Gasteiger partial charge >= 0.3 is 6.09 Å². The number of rotatable bonds is 7. The van der Waals surface area contributed by atoms with Crippen molar-refractivity contribution >= 4 is 47.4 Å². The SMILES string of the molecule is CN=C(NCCNC(=O)OC(C)(C)C)NCCc1csc(C(C)C)n1.I. The number of alkyl carbamates (subject to hydrolysis) is 1. The molecule has 9 heteroatoms. The molecule has 150 valence electrons. The lowest BCUT2D eigenvalue weighted by atomic mass is 10.2. The Kier molecular flexibility index (Phi) is 11.8. The first-order valence-corrected chi connectivity index (χ1v) is 9.45. The maximum atomic E-state index is 11.5. The maximum Gasteiger partial charge on any atom is 0.407 e. The van der Waals surface area contributed by atoms with Crippen molar-refractivity contribution in [2.24, 2.45) is 4.99 Å². The lowest BCUT2D eigenvalue weighted by Gasteiger charge is -2.19. The van der Waals surface area contributed by atoms with Crippen LogP contribution in [0.25, 0.3) is 0 Å². The van der Waals surface area contributed by atoms with Crippen molar-refractivity contribution in [3.63, 3.8) is 0 Å². The summed E-state index contributed by atoms with van der Waals surface area (Å²) in [5.74, 6) is 1.17. The Morgan fingerprint density at radius 2 is 1.85 bits per heavy atom. The first-order chi connectivity index (χ1) is 11.7. The molecule has 1 amide bonds. The van der Waals surface area contributed by atoms with Gasteiger partial charge < -0.3 is 20.7 Å². The van der Waals surface area contributed by atoms with Crippen molar-refractivity contribution < 1.29 is 9.53 Å². The highest BCUT2D eigenvalue weighted by molar-refractivity contribution is 14.0. The minimum absolute atomic E-state index is 0. The van der Waals surface area contributed by atoms with E-state index in [-0.39, 0.29) is 24.0 Å². The van der Waals surface area contributed by atoms with Crippen LogP contribution in [0.3, 0.4) is 0 Å². The van der Waals surface area contributed by atoms with Gasteiger partial charge in [-0.1, -0.05) is 13.8 Å². The highest BCUT2D eigenvalue weighted by atomic mass is 127. The van der Waals surface area contributed by atoms with Crippen LogP contribution in [0.1, 0.15) is 51.2 Å². The molecule has 0 saturated carbocycles. The molecular formula is C17H32IN5O2S. The molecule has 0 aromatic carbocycles. The number of amides is 1. The van der Waals surface area contributed by atoms with E-state index in [9.17, 15) is 4.79 Å². The first kappa shape index (κ1) is 24.9. The number of nitrogens with one attached hydrogen (secondary N) is 3. The molecule has 3 N–H and O–H groups in total. The topological polar surface area (TPSA) is 87.6 Å². The third-order valence-corrected chi connectivity index (χ3v) is 4.24. The van der Waals surface area contributed by atoms with Crippen LogP contribution in [0.2, 0.25) is 0 Å². The number of carbonyl (C=O) groups is 1. The van der Waals surface area contributed by atoms with E-state index in [1.54, 1.807) is 18.4 Å². The molecular weight excluding hydrogens is 465 g/mol. The summed E-state index contributed by atoms with van der Waals surface area (Å²) in [6, 6.07) is 0. The van der Waals surface area contributed by atoms with Gasteiger partial charge in [-0.3, -0.25) is 4.99 Å². The van der Waals surface area contributed by atoms with Gasteiger partial charge in [0.05, 0.1) is 10.7 Å². The summed E-state index contributed by atoms with van der Waals surface area (Å²) < 4.78 is 5.17. The number of aromatic nitrogens is 1. The molecule has 0 bridgehead atoms. The van der Waals surface area contributed by atoms with Gasteiger partial charge in [-0.2, -0.15) is 0 Å². The fourth-order valence-electron chi connectivity index (χ4n) is 1.89. The Labute approximate surface area is 177 Å². The Bertz CT molecular complexity index is 570. The summed E-state index contributed by atoms with van der Waals surface area (Å²) in [4.78, 5) is 20.3. The monoisotopic (exact) mass is 497 g/mol. The lowest BCUT2D eigenvalue weighted by molar-refractivity contribution is 0.0529. The van der Waals surface area contributed by atoms with Crippen LogP contribution in [-0.2, 0) is 11.2 Å². The molecule has 7 nitrogen and oxygen atoms in total. The van der Waals surface area contributed by atoms with Gasteiger partial charge in [0.15, 0.2) is 5.96 Å². The molecule has 0 aliphatic carbocycles. The van der Waals surface area contributed by atoms with Gasteiger partial charge in [-0.05, 0) is 20.8 Å². The summed E-state index contributed by atoms with van der Waals surface area (Å²) in [6.07, 6.45) is 0.432. The quantitative estimate of drug-likeness (QED) is 0.233. The van der Waals surface area contributed by atoms with Crippen molar-refractivity contribution in [3.8, 4) is 0 Å². The van der Waals surface area contributed by atoms with Gasteiger partial charge in [0.25, 0.3) is 0 Å². The van der Waals surface area contributed by atoms with Crippen LogP contribution >= 0.6 is 35.3 Å². The highest BCUT2D eigenvalue weighted by Crippen LogP contribution is 2.19. The predicted octanol–water partition coefficient (Wildman–Crippen LogP) is 3.12. The van der Waals surface area contributed by atoms with E-state index in [2.05, 4.69) is 45.2 Å². The van der Waals surface area contributed by atoms with E-state index in [1.807, 2.05) is 20.8 Å². The number of guanidine groups is 1. The van der Waals surface area contributed by atoms with Crippen LogP contribution in [0, 0.1) is 0 Å². The van der Waals surface area contributed by atoms with Gasteiger partial charge in [-0.25, -0.2) is 9.78 Å². The number of ether oxygens (including phenoxy) is 1. The third-order valence-electron chi connectivity index (χ3n) is 3.05. The summed E-state index contributed by atoms with van der Waals surface area (Å²) >= 11 is 1.71. The fraction of sp³-hybridized carbons (Fsp3) is 0.706. The zero-order valence-electron chi connectivity index (χ0n) is 16.5. The van der Waals surface area contributed by atoms with Crippen molar-refractivity contribution in [3.05, 3.63) is 16.1 Å². The van der Waals surface area contributed by atoms with E-state index in [4.69, 9.17) is 4.74 Å². The van der Waals surface area contributed by atoms with E-state index in [0.717, 1.165) is 18.7 Å². The smallest absolute Gasteiger partial charge is 0.407 e. The molecule has 1 heterocycles. The number of halogens is 1. The molecule has 1 aromatic rings. The number of hydrogen-bond acceptors (Lipinski definition) is 5. The van der Waals surface area contributed by atoms with Gasteiger partial charge in [-0.15, -0.1) is 35.3 Å². The van der Waals surface area contributed by atoms with Crippen LogP contribution in [-0.4, -0.2) is 49.3 Å². The number of aliphatic imine (C=N–C) groups is 1. The van der Waals surface area contributed by atoms with Crippen molar-refractivity contribution in [2.45, 2.75) is 52.6 Å². The Morgan fingerprint density at radius 1 is 1.23 bits per heavy atom. The summed E-state index contributed by atoms with van der Waals surface area (Å²) in [6.45, 7) is 11.6. The summed E-state index contributed by atoms with van der Waals surface area (Å²) in [5, 5.41) is 12.4. The highest BCUT2D eigenvalue weighted by Gasteiger charge is 2.15. The number of nitrogens with zero attached hydrogens (tertiary/aromatic N) is 2. The zero-order chi connectivity index (χ0) is 18.9. The van der Waals surface area contributed by atoms with Gasteiger partial charge in [0, 0.05) is 44.4 Å². The average molecular weight is 497 g/mol. The molecule has 1 aromatic heterocycles. The second kappa shape index (κ2) is 12.3. The van der Waals surface area contributed by atoms with Crippen LogP contribution in [0.5, 0.6) is 0 Å². The molecule has 0 fully saturated rings. The second-order valence-corrected chi connectivity index (χ2v) is 7.83. The normalized spacial score (nSPS) is 11.7. The fourth-order valence-corrected chi connectivity index (χ4v) is 2.76. The molecule has 0 spiro atoms. The van der Waals surface area contributed by atoms with Crippen LogP contribution < -0.4 is 16.0 Å². The third kappa shape index (κ3) is 10.8. The van der Waals surface area contributed by atoms with E-state index < -0.39 is 11.7 Å². The molecule has 0 aliphatic rings. The molecule has 0 unspecified atom stereocenters. The van der Waals surface area contributed by atoms with Gasteiger partial charge in [0.1, 0.15) is 5.60 Å². The molecule has 0 radical (unpaired) electrons. The van der Waals surface area contributed by atoms with E-state index >= 15 is 0 Å².